The molecule has 2 heterocycles. The number of rotatable bonds is 6. The number of hydrogen-bond acceptors (Lipinski definition) is 5. The van der Waals surface area contributed by atoms with Crippen molar-refractivity contribution in [1.29, 1.82) is 0 Å². The predicted octanol–water partition coefficient (Wildman–Crippen LogP) is 2.23. The van der Waals surface area contributed by atoms with E-state index in [0.717, 1.165) is 5.39 Å². The van der Waals surface area contributed by atoms with E-state index in [2.05, 4.69) is 9.71 Å². The molecule has 1 atom stereocenters. The van der Waals surface area contributed by atoms with Crippen molar-refractivity contribution in [3.05, 3.63) is 60.6 Å². The number of fused-ring (bicyclic) bond motifs is 1. The second-order valence-corrected chi connectivity index (χ2v) is 6.84. The highest BCUT2D eigenvalue weighted by atomic mass is 32.2. The van der Waals surface area contributed by atoms with Gasteiger partial charge in [-0.1, -0.05) is 18.2 Å². The third kappa shape index (κ3) is 3.58. The second kappa shape index (κ2) is 6.49. The quantitative estimate of drug-likeness (QED) is 0.722. The Kier molecular flexibility index (Phi) is 4.42. The molecular formula is C16H16N2O4S. The van der Waals surface area contributed by atoms with Crippen molar-refractivity contribution in [1.82, 2.24) is 9.71 Å². The Morgan fingerprint density at radius 3 is 2.78 bits per heavy atom. The minimum atomic E-state index is -3.62. The highest BCUT2D eigenvalue weighted by Gasteiger charge is 2.17. The summed E-state index contributed by atoms with van der Waals surface area (Å²) in [6, 6.07) is 12.2. The number of nitrogens with zero attached hydrogens (tertiary/aromatic N) is 1. The first-order valence-corrected chi connectivity index (χ1v) is 8.61. The molecule has 120 valence electrons. The molecule has 0 radical (unpaired) electrons. The van der Waals surface area contributed by atoms with Crippen LogP contribution in [0, 0.1) is 0 Å². The van der Waals surface area contributed by atoms with Gasteiger partial charge in [0.15, 0.2) is 0 Å². The molecule has 0 fully saturated rings. The average Bonchev–Trinajstić information content (AvgIpc) is 2.99. The second-order valence-electron chi connectivity index (χ2n) is 5.08. The number of aromatic nitrogens is 1. The summed E-state index contributed by atoms with van der Waals surface area (Å²) in [7, 11) is -3.62. The van der Waals surface area contributed by atoms with Crippen LogP contribution in [0.2, 0.25) is 0 Å². The number of furan rings is 1. The van der Waals surface area contributed by atoms with Gasteiger partial charge in [-0.25, -0.2) is 13.1 Å². The molecule has 2 aromatic heterocycles. The van der Waals surface area contributed by atoms with Crippen LogP contribution in [0.5, 0.6) is 0 Å². The molecule has 7 heteroatoms. The Balaban J connectivity index is 1.62. The minimum Gasteiger partial charge on any atom is -0.458 e. The van der Waals surface area contributed by atoms with Gasteiger partial charge in [-0.2, -0.15) is 0 Å². The zero-order valence-corrected chi connectivity index (χ0v) is 13.0. The maximum atomic E-state index is 12.0. The van der Waals surface area contributed by atoms with E-state index in [4.69, 9.17) is 4.42 Å². The Hall–Kier alpha value is -2.22. The van der Waals surface area contributed by atoms with Crippen LogP contribution in [-0.4, -0.2) is 25.1 Å². The van der Waals surface area contributed by atoms with Crippen molar-refractivity contribution in [2.45, 2.75) is 17.4 Å². The number of pyridine rings is 1. The lowest BCUT2D eigenvalue weighted by atomic mass is 10.2. The number of para-hydroxylation sites is 1. The highest BCUT2D eigenvalue weighted by molar-refractivity contribution is 7.89. The number of aliphatic hydroxyl groups excluding tert-OH is 1. The topological polar surface area (TPSA) is 92.4 Å². The molecule has 23 heavy (non-hydrogen) atoms. The molecule has 1 aromatic carbocycles. The van der Waals surface area contributed by atoms with Crippen LogP contribution in [0.15, 0.2) is 64.2 Å². The third-order valence-corrected chi connectivity index (χ3v) is 4.87. The molecule has 6 nitrogen and oxygen atoms in total. The van der Waals surface area contributed by atoms with Crippen LogP contribution in [0.25, 0.3) is 11.0 Å². The van der Waals surface area contributed by atoms with Crippen molar-refractivity contribution in [3.63, 3.8) is 0 Å². The zero-order chi connectivity index (χ0) is 16.3. The van der Waals surface area contributed by atoms with Gasteiger partial charge < -0.3 is 9.52 Å². The van der Waals surface area contributed by atoms with Crippen molar-refractivity contribution in [2.24, 2.45) is 0 Å². The van der Waals surface area contributed by atoms with Crippen LogP contribution in [0.3, 0.4) is 0 Å². The molecule has 0 aliphatic carbocycles. The zero-order valence-electron chi connectivity index (χ0n) is 12.2. The van der Waals surface area contributed by atoms with E-state index in [1.807, 2.05) is 24.3 Å². The molecule has 0 aliphatic rings. The van der Waals surface area contributed by atoms with Crippen molar-refractivity contribution < 1.29 is 17.9 Å². The standard InChI is InChI=1S/C16H16N2O4S/c19-14(16-10-12-4-1-2-6-15(12)22-16)7-9-18-23(20,21)13-5-3-8-17-11-13/h1-6,8,10-11,14,18-19H,7,9H2. The average molecular weight is 332 g/mol. The number of sulfonamides is 1. The summed E-state index contributed by atoms with van der Waals surface area (Å²) in [6.07, 6.45) is 2.11. The Morgan fingerprint density at radius 1 is 1.22 bits per heavy atom. The van der Waals surface area contributed by atoms with Gasteiger partial charge in [0.2, 0.25) is 10.0 Å². The fraction of sp³-hybridized carbons (Fsp3) is 0.188. The first-order chi connectivity index (χ1) is 11.1. The van der Waals surface area contributed by atoms with E-state index in [1.165, 1.54) is 18.5 Å². The molecule has 0 spiro atoms. The van der Waals surface area contributed by atoms with Crippen LogP contribution in [0.1, 0.15) is 18.3 Å². The summed E-state index contributed by atoms with van der Waals surface area (Å²) in [5.74, 6) is 0.423. The monoisotopic (exact) mass is 332 g/mol. The third-order valence-electron chi connectivity index (χ3n) is 3.43. The fourth-order valence-electron chi connectivity index (χ4n) is 2.23. The van der Waals surface area contributed by atoms with Crippen molar-refractivity contribution in [2.75, 3.05) is 6.54 Å². The summed E-state index contributed by atoms with van der Waals surface area (Å²) in [5, 5.41) is 11.0. The lowest BCUT2D eigenvalue weighted by Gasteiger charge is -2.09. The Morgan fingerprint density at radius 2 is 2.04 bits per heavy atom. The van der Waals surface area contributed by atoms with Gasteiger partial charge in [0.25, 0.3) is 0 Å². The van der Waals surface area contributed by atoms with Crippen molar-refractivity contribution >= 4 is 21.0 Å². The Bertz CT molecular complexity index is 858. The lowest BCUT2D eigenvalue weighted by Crippen LogP contribution is -2.26. The maximum absolute atomic E-state index is 12.0. The maximum Gasteiger partial charge on any atom is 0.242 e. The normalized spacial score (nSPS) is 13.3. The molecule has 3 aromatic rings. The van der Waals surface area contributed by atoms with Crippen LogP contribution < -0.4 is 4.72 Å². The molecule has 0 saturated heterocycles. The van der Waals surface area contributed by atoms with Gasteiger partial charge in [-0.15, -0.1) is 0 Å². The van der Waals surface area contributed by atoms with E-state index in [0.29, 0.717) is 11.3 Å². The van der Waals surface area contributed by atoms with Crippen molar-refractivity contribution in [3.8, 4) is 0 Å². The summed E-state index contributed by atoms with van der Waals surface area (Å²) >= 11 is 0. The van der Waals surface area contributed by atoms with Gasteiger partial charge in [-0.3, -0.25) is 4.98 Å². The number of hydrogen-bond donors (Lipinski definition) is 2. The van der Waals surface area contributed by atoms with E-state index < -0.39 is 16.1 Å². The molecule has 0 saturated carbocycles. The molecule has 0 bridgehead atoms. The van der Waals surface area contributed by atoms with E-state index >= 15 is 0 Å². The molecule has 2 N–H and O–H groups in total. The molecule has 3 rings (SSSR count). The van der Waals surface area contributed by atoms with E-state index in [1.54, 1.807) is 12.1 Å². The first kappa shape index (κ1) is 15.7. The fourth-order valence-corrected chi connectivity index (χ4v) is 3.24. The first-order valence-electron chi connectivity index (χ1n) is 7.12. The van der Waals surface area contributed by atoms with Crippen LogP contribution in [-0.2, 0) is 10.0 Å². The largest absolute Gasteiger partial charge is 0.458 e. The van der Waals surface area contributed by atoms with Gasteiger partial charge >= 0.3 is 0 Å². The number of benzene rings is 1. The summed E-state index contributed by atoms with van der Waals surface area (Å²) in [4.78, 5) is 3.88. The van der Waals surface area contributed by atoms with Gasteiger partial charge in [0.1, 0.15) is 22.3 Å². The SMILES string of the molecule is O=S(=O)(NCCC(O)c1cc2ccccc2o1)c1cccnc1. The van der Waals surface area contributed by atoms with E-state index in [9.17, 15) is 13.5 Å². The van der Waals surface area contributed by atoms with Crippen LogP contribution in [0.4, 0.5) is 0 Å². The molecular weight excluding hydrogens is 316 g/mol. The molecule has 0 aliphatic heterocycles. The summed E-state index contributed by atoms with van der Waals surface area (Å²) < 4.78 is 32.1. The summed E-state index contributed by atoms with van der Waals surface area (Å²) in [6.45, 7) is 0.0927. The number of aliphatic hydroxyl groups is 1. The predicted molar refractivity (Wildman–Crippen MR) is 85.2 cm³/mol. The van der Waals surface area contributed by atoms with Gasteiger partial charge in [-0.05, 0) is 30.7 Å². The lowest BCUT2D eigenvalue weighted by molar-refractivity contribution is 0.144. The Labute approximate surface area is 133 Å². The molecule has 0 amide bonds. The van der Waals surface area contributed by atoms with Gasteiger partial charge in [0.05, 0.1) is 0 Å². The highest BCUT2D eigenvalue weighted by Crippen LogP contribution is 2.25. The molecule has 1 unspecified atom stereocenters. The van der Waals surface area contributed by atoms with Gasteiger partial charge in [0, 0.05) is 24.3 Å². The van der Waals surface area contributed by atoms with Crippen LogP contribution >= 0.6 is 0 Å². The smallest absolute Gasteiger partial charge is 0.242 e. The minimum absolute atomic E-state index is 0.0927. The van der Waals surface area contributed by atoms with E-state index in [-0.39, 0.29) is 17.9 Å². The summed E-state index contributed by atoms with van der Waals surface area (Å²) in [5.41, 5.74) is 0.692. The number of nitrogens with one attached hydrogen (secondary N) is 1.